The van der Waals surface area contributed by atoms with Gasteiger partial charge in [-0.15, -0.1) is 0 Å². The molecule has 0 radical (unpaired) electrons. The van der Waals surface area contributed by atoms with Gasteiger partial charge in [-0.3, -0.25) is 9.69 Å². The minimum absolute atomic E-state index is 0.165. The molecule has 0 aromatic rings. The van der Waals surface area contributed by atoms with E-state index < -0.39 is 5.60 Å². The normalized spacial score (nSPS) is 19.1. The van der Waals surface area contributed by atoms with E-state index in [2.05, 4.69) is 6.92 Å². The first-order valence-corrected chi connectivity index (χ1v) is 7.05. The van der Waals surface area contributed by atoms with Crippen LogP contribution in [-0.4, -0.2) is 58.1 Å². The summed E-state index contributed by atoms with van der Waals surface area (Å²) in [5.41, 5.74) is -0.546. The molecule has 0 unspecified atom stereocenters. The molecule has 0 spiro atoms. The molecule has 1 fully saturated rings. The zero-order chi connectivity index (χ0) is 13.9. The minimum Gasteiger partial charge on any atom is -0.387 e. The highest BCUT2D eigenvalue weighted by atomic mass is 16.3. The maximum Gasteiger partial charge on any atom is 0.237 e. The van der Waals surface area contributed by atoms with Crippen LogP contribution in [0.4, 0.5) is 0 Å². The van der Waals surface area contributed by atoms with Crippen LogP contribution in [0.5, 0.6) is 0 Å². The summed E-state index contributed by atoms with van der Waals surface area (Å²) in [5.74, 6) is 0.165. The number of aliphatic hydroxyl groups is 1. The first-order chi connectivity index (χ1) is 8.29. The van der Waals surface area contributed by atoms with E-state index in [0.717, 1.165) is 12.8 Å². The minimum atomic E-state index is -0.546. The number of carbonyl (C=O) groups excluding carboxylic acids is 1. The number of β-amino-alcohol motifs (C(OH)–C–C–N with tert-alkyl or cyclic N) is 1. The highest BCUT2D eigenvalue weighted by molar-refractivity contribution is 5.79. The number of hydrogen-bond donors (Lipinski definition) is 1. The molecular formula is C14H28N2O2. The smallest absolute Gasteiger partial charge is 0.237 e. The molecule has 0 aliphatic carbocycles. The summed E-state index contributed by atoms with van der Waals surface area (Å²) >= 11 is 0. The molecule has 106 valence electrons. The van der Waals surface area contributed by atoms with Gasteiger partial charge in [-0.1, -0.05) is 13.3 Å². The number of amides is 1. The van der Waals surface area contributed by atoms with Crippen LogP contribution in [0.25, 0.3) is 0 Å². The van der Waals surface area contributed by atoms with Crippen molar-refractivity contribution in [3.8, 4) is 0 Å². The van der Waals surface area contributed by atoms with Crippen molar-refractivity contribution in [3.05, 3.63) is 0 Å². The summed E-state index contributed by atoms with van der Waals surface area (Å²) in [6.45, 7) is 12.0. The lowest BCUT2D eigenvalue weighted by molar-refractivity contribution is -0.145. The van der Waals surface area contributed by atoms with E-state index in [0.29, 0.717) is 19.6 Å². The maximum absolute atomic E-state index is 12.2. The van der Waals surface area contributed by atoms with Crippen molar-refractivity contribution in [2.45, 2.75) is 65.1 Å². The molecule has 1 heterocycles. The Morgan fingerprint density at radius 1 is 1.28 bits per heavy atom. The molecule has 0 aromatic carbocycles. The molecule has 4 nitrogen and oxygen atoms in total. The largest absolute Gasteiger partial charge is 0.387 e. The molecule has 4 heteroatoms. The summed E-state index contributed by atoms with van der Waals surface area (Å²) < 4.78 is 0. The van der Waals surface area contributed by atoms with Gasteiger partial charge in [0.25, 0.3) is 0 Å². The van der Waals surface area contributed by atoms with Gasteiger partial charge in [0.1, 0.15) is 0 Å². The lowest BCUT2D eigenvalue weighted by Crippen LogP contribution is -2.63. The first kappa shape index (κ1) is 15.4. The topological polar surface area (TPSA) is 43.8 Å². The number of rotatable bonds is 6. The van der Waals surface area contributed by atoms with E-state index in [1.807, 2.05) is 37.5 Å². The molecule has 1 N–H and O–H groups in total. The van der Waals surface area contributed by atoms with Gasteiger partial charge in [-0.2, -0.15) is 0 Å². The molecule has 1 amide bonds. The second-order valence-corrected chi connectivity index (χ2v) is 6.11. The van der Waals surface area contributed by atoms with Crippen LogP contribution in [-0.2, 0) is 4.79 Å². The molecule has 1 aliphatic rings. The van der Waals surface area contributed by atoms with Gasteiger partial charge in [0.15, 0.2) is 0 Å². The Morgan fingerprint density at radius 2 is 1.78 bits per heavy atom. The second-order valence-electron chi connectivity index (χ2n) is 6.11. The maximum atomic E-state index is 12.2. The lowest BCUT2D eigenvalue weighted by Gasteiger charge is -2.47. The van der Waals surface area contributed by atoms with Crippen molar-refractivity contribution in [2.75, 3.05) is 19.6 Å². The Labute approximate surface area is 111 Å². The molecule has 1 saturated heterocycles. The van der Waals surface area contributed by atoms with Gasteiger partial charge in [0, 0.05) is 25.2 Å². The van der Waals surface area contributed by atoms with Crippen molar-refractivity contribution in [3.63, 3.8) is 0 Å². The van der Waals surface area contributed by atoms with Gasteiger partial charge in [-0.05, 0) is 34.1 Å². The van der Waals surface area contributed by atoms with Crippen LogP contribution < -0.4 is 0 Å². The summed E-state index contributed by atoms with van der Waals surface area (Å²) in [7, 11) is 0. The molecule has 0 saturated carbocycles. The molecule has 0 atom stereocenters. The number of carbonyl (C=O) groups is 1. The number of nitrogens with zero attached hydrogens (tertiary/aromatic N) is 2. The van der Waals surface area contributed by atoms with Crippen molar-refractivity contribution < 1.29 is 9.90 Å². The van der Waals surface area contributed by atoms with Gasteiger partial charge in [-0.25, -0.2) is 0 Å². The lowest BCUT2D eigenvalue weighted by atomic mass is 9.89. The van der Waals surface area contributed by atoms with E-state index >= 15 is 0 Å². The molecule has 0 bridgehead atoms. The molecule has 1 rings (SSSR count). The van der Waals surface area contributed by atoms with Crippen LogP contribution >= 0.6 is 0 Å². The van der Waals surface area contributed by atoms with E-state index in [4.69, 9.17) is 0 Å². The van der Waals surface area contributed by atoms with Crippen molar-refractivity contribution >= 4 is 5.91 Å². The Kier molecular flexibility index (Phi) is 5.17. The standard InChI is InChI=1S/C14H28N2O2/c1-6-7-14(18)9-15(10-14)8-13(17)16(11(2)3)12(4)5/h11-12,18H,6-10H2,1-5H3. The van der Waals surface area contributed by atoms with E-state index in [1.165, 1.54) is 0 Å². The summed E-state index contributed by atoms with van der Waals surface area (Å²) in [4.78, 5) is 16.2. The zero-order valence-corrected chi connectivity index (χ0v) is 12.4. The van der Waals surface area contributed by atoms with Crippen LogP contribution in [0.15, 0.2) is 0 Å². The van der Waals surface area contributed by atoms with Crippen LogP contribution in [0, 0.1) is 0 Å². The quantitative estimate of drug-likeness (QED) is 0.783. The van der Waals surface area contributed by atoms with Crippen LogP contribution in [0.1, 0.15) is 47.5 Å². The SMILES string of the molecule is CCCC1(O)CN(CC(=O)N(C(C)C)C(C)C)C1. The van der Waals surface area contributed by atoms with E-state index in [9.17, 15) is 9.90 Å². The zero-order valence-electron chi connectivity index (χ0n) is 12.4. The molecule has 1 aliphatic heterocycles. The Hall–Kier alpha value is -0.610. The third-order valence-corrected chi connectivity index (χ3v) is 3.51. The van der Waals surface area contributed by atoms with Crippen molar-refractivity contribution in [2.24, 2.45) is 0 Å². The average Bonchev–Trinajstić information content (AvgIpc) is 2.13. The third-order valence-electron chi connectivity index (χ3n) is 3.51. The van der Waals surface area contributed by atoms with Gasteiger partial charge in [0.05, 0.1) is 12.1 Å². The number of likely N-dealkylation sites (tertiary alicyclic amines) is 1. The monoisotopic (exact) mass is 256 g/mol. The fraction of sp³-hybridized carbons (Fsp3) is 0.929. The van der Waals surface area contributed by atoms with Crippen LogP contribution in [0.3, 0.4) is 0 Å². The molecular weight excluding hydrogens is 228 g/mol. The second kappa shape index (κ2) is 6.02. The average molecular weight is 256 g/mol. The van der Waals surface area contributed by atoms with Gasteiger partial charge >= 0.3 is 0 Å². The number of hydrogen-bond acceptors (Lipinski definition) is 3. The Morgan fingerprint density at radius 3 is 2.17 bits per heavy atom. The highest BCUT2D eigenvalue weighted by Gasteiger charge is 2.41. The predicted molar refractivity (Wildman–Crippen MR) is 73.4 cm³/mol. The van der Waals surface area contributed by atoms with E-state index in [1.54, 1.807) is 0 Å². The molecule has 0 aromatic heterocycles. The fourth-order valence-electron chi connectivity index (χ4n) is 2.97. The highest BCUT2D eigenvalue weighted by Crippen LogP contribution is 2.25. The van der Waals surface area contributed by atoms with E-state index in [-0.39, 0.29) is 18.0 Å². The Balaban J connectivity index is 2.43. The van der Waals surface area contributed by atoms with Gasteiger partial charge in [0.2, 0.25) is 5.91 Å². The fourth-order valence-corrected chi connectivity index (χ4v) is 2.97. The summed E-state index contributed by atoms with van der Waals surface area (Å²) in [6, 6.07) is 0.460. The summed E-state index contributed by atoms with van der Waals surface area (Å²) in [5, 5.41) is 10.1. The summed E-state index contributed by atoms with van der Waals surface area (Å²) in [6.07, 6.45) is 1.82. The van der Waals surface area contributed by atoms with Gasteiger partial charge < -0.3 is 10.0 Å². The molecule has 18 heavy (non-hydrogen) atoms. The first-order valence-electron chi connectivity index (χ1n) is 7.05. The van der Waals surface area contributed by atoms with Crippen LogP contribution in [0.2, 0.25) is 0 Å². The van der Waals surface area contributed by atoms with Crippen molar-refractivity contribution in [1.82, 2.24) is 9.80 Å². The Bertz CT molecular complexity index is 276. The third kappa shape index (κ3) is 3.69. The predicted octanol–water partition coefficient (Wildman–Crippen LogP) is 1.48. The van der Waals surface area contributed by atoms with Crippen molar-refractivity contribution in [1.29, 1.82) is 0 Å².